The molecule has 0 unspecified atom stereocenters. The zero-order chi connectivity index (χ0) is 15.9. The third kappa shape index (κ3) is 4.04. The molecule has 0 atom stereocenters. The van der Waals surface area contributed by atoms with Crippen LogP contribution in [0.1, 0.15) is 5.56 Å². The first-order valence-electron chi connectivity index (χ1n) is 6.81. The second-order valence-corrected chi connectivity index (χ2v) is 5.49. The highest BCUT2D eigenvalue weighted by Crippen LogP contribution is 2.34. The number of benzene rings is 1. The summed E-state index contributed by atoms with van der Waals surface area (Å²) in [6.45, 7) is 0.733. The molecule has 0 aliphatic carbocycles. The number of nitrogens with zero attached hydrogens (tertiary/aromatic N) is 1. The summed E-state index contributed by atoms with van der Waals surface area (Å²) in [5, 5.41) is 3.33. The van der Waals surface area contributed by atoms with Crippen molar-refractivity contribution in [2.45, 2.75) is 6.42 Å². The van der Waals surface area contributed by atoms with E-state index in [1.165, 1.54) is 0 Å². The predicted molar refractivity (Wildman–Crippen MR) is 90.2 cm³/mol. The highest BCUT2D eigenvalue weighted by Gasteiger charge is 2.12. The van der Waals surface area contributed by atoms with E-state index in [1.54, 1.807) is 33.7 Å². The molecule has 1 aromatic heterocycles. The van der Waals surface area contributed by atoms with E-state index in [4.69, 9.17) is 14.2 Å². The molecule has 0 radical (unpaired) electrons. The Morgan fingerprint density at radius 3 is 2.23 bits per heavy atom. The molecule has 0 saturated carbocycles. The molecule has 0 fully saturated rings. The summed E-state index contributed by atoms with van der Waals surface area (Å²) in [6, 6.07) is 5.70. The average Bonchev–Trinajstić information content (AvgIpc) is 2.54. The predicted octanol–water partition coefficient (Wildman–Crippen LogP) is 3.52. The van der Waals surface area contributed by atoms with Crippen LogP contribution in [-0.4, -0.2) is 32.9 Å². The van der Waals surface area contributed by atoms with Crippen molar-refractivity contribution in [1.29, 1.82) is 0 Å². The molecule has 1 heterocycles. The van der Waals surface area contributed by atoms with Crippen LogP contribution in [0.15, 0.2) is 35.1 Å². The van der Waals surface area contributed by atoms with E-state index in [0.29, 0.717) is 5.75 Å². The summed E-state index contributed by atoms with van der Waals surface area (Å²) in [4.78, 5) is 4.12. The van der Waals surface area contributed by atoms with Gasteiger partial charge in [0.2, 0.25) is 0 Å². The van der Waals surface area contributed by atoms with Gasteiger partial charge in [-0.05, 0) is 28.4 Å². The van der Waals surface area contributed by atoms with Gasteiger partial charge in [0.05, 0.1) is 33.2 Å². The van der Waals surface area contributed by atoms with Crippen molar-refractivity contribution in [2.75, 3.05) is 33.2 Å². The van der Waals surface area contributed by atoms with Crippen LogP contribution in [0.3, 0.4) is 0 Å². The first-order chi connectivity index (χ1) is 10.7. The van der Waals surface area contributed by atoms with E-state index < -0.39 is 0 Å². The van der Waals surface area contributed by atoms with Gasteiger partial charge in [0.15, 0.2) is 0 Å². The number of halogens is 1. The Morgan fingerprint density at radius 1 is 1.00 bits per heavy atom. The summed E-state index contributed by atoms with van der Waals surface area (Å²) in [5.41, 5.74) is 1.96. The zero-order valence-electron chi connectivity index (χ0n) is 12.9. The smallest absolute Gasteiger partial charge is 0.129 e. The SMILES string of the molecule is COc1cc(OC)c(CCNc2cncc(Br)c2)c(OC)c1. The number of hydrogen-bond donors (Lipinski definition) is 1. The molecule has 0 bridgehead atoms. The maximum atomic E-state index is 5.44. The molecule has 6 heteroatoms. The third-order valence-electron chi connectivity index (χ3n) is 3.23. The van der Waals surface area contributed by atoms with Crippen LogP contribution in [-0.2, 0) is 6.42 Å². The maximum absolute atomic E-state index is 5.44. The normalized spacial score (nSPS) is 10.2. The molecule has 0 aliphatic heterocycles. The summed E-state index contributed by atoms with van der Waals surface area (Å²) in [7, 11) is 4.91. The molecule has 0 saturated heterocycles. The van der Waals surface area contributed by atoms with E-state index >= 15 is 0 Å². The van der Waals surface area contributed by atoms with E-state index in [-0.39, 0.29) is 0 Å². The van der Waals surface area contributed by atoms with E-state index in [0.717, 1.165) is 40.2 Å². The van der Waals surface area contributed by atoms with Crippen LogP contribution in [0, 0.1) is 0 Å². The number of nitrogens with one attached hydrogen (secondary N) is 1. The second kappa shape index (κ2) is 7.89. The number of rotatable bonds is 7. The van der Waals surface area contributed by atoms with Crippen LogP contribution in [0.25, 0.3) is 0 Å². The first-order valence-corrected chi connectivity index (χ1v) is 7.60. The van der Waals surface area contributed by atoms with E-state index in [9.17, 15) is 0 Å². The van der Waals surface area contributed by atoms with Gasteiger partial charge in [-0.25, -0.2) is 0 Å². The molecule has 0 aliphatic rings. The fourth-order valence-corrected chi connectivity index (χ4v) is 2.53. The molecule has 1 N–H and O–H groups in total. The van der Waals surface area contributed by atoms with Gasteiger partial charge in [0, 0.05) is 34.9 Å². The van der Waals surface area contributed by atoms with Crippen molar-refractivity contribution in [2.24, 2.45) is 0 Å². The molecule has 1 aromatic carbocycles. The van der Waals surface area contributed by atoms with E-state index in [2.05, 4.69) is 26.2 Å². The molecule has 0 amide bonds. The lowest BCUT2D eigenvalue weighted by atomic mass is 10.1. The van der Waals surface area contributed by atoms with Crippen LogP contribution >= 0.6 is 15.9 Å². The number of pyridine rings is 1. The van der Waals surface area contributed by atoms with Gasteiger partial charge in [-0.1, -0.05) is 0 Å². The van der Waals surface area contributed by atoms with Crippen molar-refractivity contribution in [3.8, 4) is 17.2 Å². The monoisotopic (exact) mass is 366 g/mol. The fourth-order valence-electron chi connectivity index (χ4n) is 2.16. The Morgan fingerprint density at radius 2 is 1.68 bits per heavy atom. The Hall–Kier alpha value is -1.95. The van der Waals surface area contributed by atoms with Gasteiger partial charge in [-0.3, -0.25) is 4.98 Å². The number of hydrogen-bond acceptors (Lipinski definition) is 5. The van der Waals surface area contributed by atoms with Crippen LogP contribution in [0.2, 0.25) is 0 Å². The minimum atomic E-state index is 0.710. The average molecular weight is 367 g/mol. The third-order valence-corrected chi connectivity index (χ3v) is 3.66. The number of anilines is 1. The second-order valence-electron chi connectivity index (χ2n) is 4.58. The largest absolute Gasteiger partial charge is 0.496 e. The van der Waals surface area contributed by atoms with Gasteiger partial charge in [0.25, 0.3) is 0 Å². The topological polar surface area (TPSA) is 52.6 Å². The van der Waals surface area contributed by atoms with Gasteiger partial charge >= 0.3 is 0 Å². The molecule has 118 valence electrons. The Bertz CT molecular complexity index is 610. The molecule has 5 nitrogen and oxygen atoms in total. The van der Waals surface area contributed by atoms with Crippen LogP contribution in [0.4, 0.5) is 5.69 Å². The number of methoxy groups -OCH3 is 3. The van der Waals surface area contributed by atoms with Gasteiger partial charge < -0.3 is 19.5 Å². The molecule has 22 heavy (non-hydrogen) atoms. The molecular weight excluding hydrogens is 348 g/mol. The summed E-state index contributed by atoms with van der Waals surface area (Å²) >= 11 is 3.40. The van der Waals surface area contributed by atoms with Gasteiger partial charge in [0.1, 0.15) is 17.2 Å². The molecule has 0 spiro atoms. The summed E-state index contributed by atoms with van der Waals surface area (Å²) in [6.07, 6.45) is 4.29. The van der Waals surface area contributed by atoms with Crippen molar-refractivity contribution >= 4 is 21.6 Å². The number of ether oxygens (including phenoxy) is 3. The summed E-state index contributed by atoms with van der Waals surface area (Å²) in [5.74, 6) is 2.22. The van der Waals surface area contributed by atoms with Crippen molar-refractivity contribution in [3.63, 3.8) is 0 Å². The highest BCUT2D eigenvalue weighted by atomic mass is 79.9. The maximum Gasteiger partial charge on any atom is 0.129 e. The Balaban J connectivity index is 2.11. The van der Waals surface area contributed by atoms with Crippen molar-refractivity contribution in [1.82, 2.24) is 4.98 Å². The minimum absolute atomic E-state index is 0.710. The number of aromatic nitrogens is 1. The quantitative estimate of drug-likeness (QED) is 0.812. The zero-order valence-corrected chi connectivity index (χ0v) is 14.4. The van der Waals surface area contributed by atoms with Crippen LogP contribution in [0.5, 0.6) is 17.2 Å². The molecule has 2 rings (SSSR count). The lowest BCUT2D eigenvalue weighted by Crippen LogP contribution is -2.07. The lowest BCUT2D eigenvalue weighted by molar-refractivity contribution is 0.369. The van der Waals surface area contributed by atoms with Crippen molar-refractivity contribution < 1.29 is 14.2 Å². The summed E-state index contributed by atoms with van der Waals surface area (Å²) < 4.78 is 17.1. The van der Waals surface area contributed by atoms with Gasteiger partial charge in [-0.2, -0.15) is 0 Å². The fraction of sp³-hybridized carbons (Fsp3) is 0.312. The molecule has 2 aromatic rings. The van der Waals surface area contributed by atoms with Crippen LogP contribution < -0.4 is 19.5 Å². The van der Waals surface area contributed by atoms with Crippen molar-refractivity contribution in [3.05, 3.63) is 40.6 Å². The Kier molecular flexibility index (Phi) is 5.89. The Labute approximate surface area is 138 Å². The highest BCUT2D eigenvalue weighted by molar-refractivity contribution is 9.10. The molecular formula is C16H19BrN2O3. The minimum Gasteiger partial charge on any atom is -0.496 e. The first kappa shape index (κ1) is 16.4. The lowest BCUT2D eigenvalue weighted by Gasteiger charge is -2.15. The van der Waals surface area contributed by atoms with Gasteiger partial charge in [-0.15, -0.1) is 0 Å². The van der Waals surface area contributed by atoms with E-state index in [1.807, 2.05) is 18.2 Å². The standard InChI is InChI=1S/C16H19BrN2O3/c1-20-13-7-15(21-2)14(16(8-13)22-3)4-5-19-12-6-11(17)9-18-10-12/h6-10,19H,4-5H2,1-3H3.